The number of hydrogen-bond donors (Lipinski definition) is 0. The molecule has 1 aromatic heterocycles. The number of hydrogen-bond acceptors (Lipinski definition) is 4. The monoisotopic (exact) mass is 298 g/mol. The maximum Gasteiger partial charge on any atom is 0.190 e. The number of benzene rings is 1. The molecule has 1 aromatic carbocycles. The topological polar surface area (TPSA) is 42.9 Å². The molecular weight excluding hydrogens is 291 g/mol. The van der Waals surface area contributed by atoms with E-state index in [0.717, 1.165) is 11.8 Å². The van der Waals surface area contributed by atoms with Gasteiger partial charge in [0.2, 0.25) is 0 Å². The average Bonchev–Trinajstić information content (AvgIpc) is 2.38. The molecule has 2 rings (SSSR count). The number of halogens is 2. The van der Waals surface area contributed by atoms with Gasteiger partial charge < -0.3 is 0 Å². The summed E-state index contributed by atoms with van der Waals surface area (Å²) in [5, 5.41) is 1.13. The zero-order chi connectivity index (χ0) is 13.1. The molecule has 0 N–H and O–H groups in total. The van der Waals surface area contributed by atoms with Gasteiger partial charge in [0.1, 0.15) is 16.6 Å². The van der Waals surface area contributed by atoms with Crippen molar-refractivity contribution in [1.82, 2.24) is 9.97 Å². The normalized spacial score (nSPS) is 10.4. The summed E-state index contributed by atoms with van der Waals surface area (Å²) < 4.78 is 0. The molecule has 92 valence electrons. The summed E-state index contributed by atoms with van der Waals surface area (Å²) in [6.45, 7) is 0. The van der Waals surface area contributed by atoms with E-state index in [1.54, 1.807) is 24.3 Å². The molecule has 3 nitrogen and oxygen atoms in total. The first-order valence-corrected chi connectivity index (χ1v) is 6.96. The Morgan fingerprint density at radius 2 is 1.67 bits per heavy atom. The fraction of sp³-hybridized carbons (Fsp3) is 0.0833. The summed E-state index contributed by atoms with van der Waals surface area (Å²) in [6.07, 6.45) is 2.63. The van der Waals surface area contributed by atoms with E-state index >= 15 is 0 Å². The van der Waals surface area contributed by atoms with Gasteiger partial charge in [-0.15, -0.1) is 0 Å². The van der Waals surface area contributed by atoms with E-state index in [0.29, 0.717) is 26.6 Å². The smallest absolute Gasteiger partial charge is 0.190 e. The molecule has 0 aliphatic heterocycles. The summed E-state index contributed by atoms with van der Waals surface area (Å²) in [7, 11) is 0. The van der Waals surface area contributed by atoms with Crippen LogP contribution in [0.4, 0.5) is 0 Å². The van der Waals surface area contributed by atoms with E-state index in [-0.39, 0.29) is 0 Å². The fourth-order valence-corrected chi connectivity index (χ4v) is 2.52. The largest absolute Gasteiger partial charge is 0.298 e. The van der Waals surface area contributed by atoms with Crippen molar-refractivity contribution in [3.05, 3.63) is 40.1 Å². The highest BCUT2D eigenvalue weighted by Crippen LogP contribution is 2.33. The molecule has 0 fully saturated rings. The number of rotatable bonds is 3. The van der Waals surface area contributed by atoms with Gasteiger partial charge in [-0.3, -0.25) is 4.79 Å². The van der Waals surface area contributed by atoms with E-state index in [1.807, 2.05) is 6.26 Å². The molecule has 0 saturated heterocycles. The number of carbonyl (C=O) groups excluding carboxylic acids is 1. The second-order valence-electron chi connectivity index (χ2n) is 3.41. The lowest BCUT2D eigenvalue weighted by molar-refractivity contribution is 0.112. The lowest BCUT2D eigenvalue weighted by atomic mass is 10.1. The molecule has 1 heterocycles. The van der Waals surface area contributed by atoms with Crippen molar-refractivity contribution in [3.63, 3.8) is 0 Å². The van der Waals surface area contributed by atoms with Gasteiger partial charge >= 0.3 is 0 Å². The van der Waals surface area contributed by atoms with E-state index in [1.165, 1.54) is 11.8 Å². The molecule has 0 unspecified atom stereocenters. The fourth-order valence-electron chi connectivity index (χ4n) is 1.45. The number of thioether (sulfide) groups is 1. The minimum Gasteiger partial charge on any atom is -0.298 e. The Bertz CT molecular complexity index is 564. The Kier molecular flexibility index (Phi) is 4.22. The number of nitrogens with zero attached hydrogens (tertiary/aromatic N) is 2. The number of aromatic nitrogens is 2. The third-order valence-electron chi connectivity index (χ3n) is 2.32. The van der Waals surface area contributed by atoms with Crippen LogP contribution in [0.3, 0.4) is 0 Å². The van der Waals surface area contributed by atoms with Gasteiger partial charge in [0.15, 0.2) is 5.16 Å². The molecule has 0 atom stereocenters. The lowest BCUT2D eigenvalue weighted by Crippen LogP contribution is -1.93. The summed E-state index contributed by atoms with van der Waals surface area (Å²) in [6, 6.07) is 6.91. The molecule has 0 bridgehead atoms. The van der Waals surface area contributed by atoms with E-state index < -0.39 is 0 Å². The van der Waals surface area contributed by atoms with Crippen molar-refractivity contribution in [1.29, 1.82) is 0 Å². The quantitative estimate of drug-likeness (QED) is 0.372. The molecule has 18 heavy (non-hydrogen) atoms. The zero-order valence-corrected chi connectivity index (χ0v) is 11.7. The van der Waals surface area contributed by atoms with E-state index in [9.17, 15) is 4.79 Å². The zero-order valence-electron chi connectivity index (χ0n) is 9.35. The van der Waals surface area contributed by atoms with E-state index in [4.69, 9.17) is 23.2 Å². The second kappa shape index (κ2) is 5.69. The summed E-state index contributed by atoms with van der Waals surface area (Å²) in [5.41, 5.74) is 1.95. The van der Waals surface area contributed by atoms with Crippen LogP contribution in [0.1, 0.15) is 10.4 Å². The molecular formula is C12H8Cl2N2OS. The van der Waals surface area contributed by atoms with Gasteiger partial charge in [-0.05, 0) is 11.8 Å². The van der Waals surface area contributed by atoms with Crippen molar-refractivity contribution in [2.75, 3.05) is 6.26 Å². The van der Waals surface area contributed by atoms with Crippen LogP contribution in [-0.2, 0) is 0 Å². The molecule has 0 amide bonds. The van der Waals surface area contributed by atoms with Crippen LogP contribution < -0.4 is 0 Å². The summed E-state index contributed by atoms with van der Waals surface area (Å²) >= 11 is 13.6. The number of carbonyl (C=O) groups is 1. The Morgan fingerprint density at radius 1 is 1.11 bits per heavy atom. The van der Waals surface area contributed by atoms with Crippen molar-refractivity contribution in [2.24, 2.45) is 0 Å². The Morgan fingerprint density at radius 3 is 2.11 bits per heavy atom. The first kappa shape index (κ1) is 13.3. The minimum atomic E-state index is 0.304. The molecule has 0 spiro atoms. The van der Waals surface area contributed by atoms with Crippen molar-refractivity contribution < 1.29 is 4.79 Å². The van der Waals surface area contributed by atoms with Crippen LogP contribution in [0, 0.1) is 0 Å². The third-order valence-corrected chi connectivity index (χ3v) is 3.41. The van der Waals surface area contributed by atoms with Gasteiger partial charge in [-0.2, -0.15) is 0 Å². The molecule has 6 heteroatoms. The van der Waals surface area contributed by atoms with Crippen molar-refractivity contribution >= 4 is 41.2 Å². The Labute approximate surface area is 119 Å². The first-order chi connectivity index (χ1) is 8.65. The summed E-state index contributed by atoms with van der Waals surface area (Å²) in [4.78, 5) is 18.9. The maximum atomic E-state index is 10.6. The molecule has 0 aliphatic rings. The third kappa shape index (κ3) is 2.66. The first-order valence-electron chi connectivity index (χ1n) is 4.98. The van der Waals surface area contributed by atoms with Gasteiger partial charge in [0, 0.05) is 5.56 Å². The van der Waals surface area contributed by atoms with Gasteiger partial charge in [0.25, 0.3) is 0 Å². The van der Waals surface area contributed by atoms with Crippen molar-refractivity contribution in [2.45, 2.75) is 5.16 Å². The number of aldehydes is 1. The molecule has 0 aliphatic carbocycles. The van der Waals surface area contributed by atoms with Crippen LogP contribution in [0.15, 0.2) is 29.4 Å². The SMILES string of the molecule is CSc1nc(Cl)c(-c2ccc(C=O)cc2)c(Cl)n1. The Balaban J connectivity index is 2.52. The Hall–Kier alpha value is -1.10. The predicted octanol–water partition coefficient (Wildman–Crippen LogP) is 3.98. The highest BCUT2D eigenvalue weighted by molar-refractivity contribution is 7.98. The van der Waals surface area contributed by atoms with Crippen LogP contribution in [0.2, 0.25) is 10.3 Å². The van der Waals surface area contributed by atoms with Crippen LogP contribution in [0.5, 0.6) is 0 Å². The molecule has 2 aromatic rings. The summed E-state index contributed by atoms with van der Waals surface area (Å²) in [5.74, 6) is 0. The van der Waals surface area contributed by atoms with Gasteiger partial charge in [-0.1, -0.05) is 59.2 Å². The highest BCUT2D eigenvalue weighted by atomic mass is 35.5. The molecule has 0 saturated carbocycles. The van der Waals surface area contributed by atoms with Crippen LogP contribution in [-0.4, -0.2) is 22.5 Å². The van der Waals surface area contributed by atoms with Crippen LogP contribution in [0.25, 0.3) is 11.1 Å². The maximum absolute atomic E-state index is 10.6. The standard InChI is InChI=1S/C12H8Cl2N2OS/c1-18-12-15-10(13)9(11(14)16-12)8-4-2-7(6-17)3-5-8/h2-6H,1H3. The minimum absolute atomic E-state index is 0.304. The van der Waals surface area contributed by atoms with Crippen LogP contribution >= 0.6 is 35.0 Å². The predicted molar refractivity (Wildman–Crippen MR) is 74.7 cm³/mol. The lowest BCUT2D eigenvalue weighted by Gasteiger charge is -2.07. The highest BCUT2D eigenvalue weighted by Gasteiger charge is 2.13. The van der Waals surface area contributed by atoms with Gasteiger partial charge in [0.05, 0.1) is 5.56 Å². The molecule has 0 radical (unpaired) electrons. The van der Waals surface area contributed by atoms with Crippen molar-refractivity contribution in [3.8, 4) is 11.1 Å². The van der Waals surface area contributed by atoms with E-state index in [2.05, 4.69) is 9.97 Å². The second-order valence-corrected chi connectivity index (χ2v) is 4.90. The average molecular weight is 299 g/mol. The van der Waals surface area contributed by atoms with Gasteiger partial charge in [-0.25, -0.2) is 9.97 Å².